The third-order valence-electron chi connectivity index (χ3n) is 2.44. The fraction of sp³-hybridized carbons (Fsp3) is 0.364. The number of anilines is 1. The highest BCUT2D eigenvalue weighted by Gasteiger charge is 2.19. The molecule has 1 aromatic rings. The molecule has 14 heavy (non-hydrogen) atoms. The molecule has 0 spiro atoms. The molecule has 0 saturated carbocycles. The fourth-order valence-corrected chi connectivity index (χ4v) is 1.77. The Hall–Kier alpha value is -1.51. The van der Waals surface area contributed by atoms with Gasteiger partial charge in [0.25, 0.3) is 0 Å². The van der Waals surface area contributed by atoms with Crippen LogP contribution in [0.3, 0.4) is 0 Å². The van der Waals surface area contributed by atoms with Crippen molar-refractivity contribution in [2.75, 3.05) is 11.9 Å². The van der Waals surface area contributed by atoms with Crippen molar-refractivity contribution in [3.63, 3.8) is 0 Å². The molecule has 1 aliphatic heterocycles. The third kappa shape index (κ3) is 1.87. The molecule has 3 nitrogen and oxygen atoms in total. The number of para-hydroxylation sites is 1. The summed E-state index contributed by atoms with van der Waals surface area (Å²) in [6.07, 6.45) is 0.996. The monoisotopic (exact) mass is 190 g/mol. The van der Waals surface area contributed by atoms with E-state index in [0.29, 0.717) is 12.6 Å². The molecule has 74 valence electrons. The molecule has 1 aliphatic rings. The molecule has 1 atom stereocenters. The Morgan fingerprint density at radius 1 is 1.57 bits per heavy atom. The topological polar surface area (TPSA) is 41.1 Å². The van der Waals surface area contributed by atoms with E-state index in [-0.39, 0.29) is 5.91 Å². The quantitative estimate of drug-likeness (QED) is 0.734. The summed E-state index contributed by atoms with van der Waals surface area (Å²) in [6.45, 7) is 2.24. The number of carbonyl (C=O) groups is 1. The highest BCUT2D eigenvalue weighted by atomic mass is 16.1. The van der Waals surface area contributed by atoms with E-state index in [4.69, 9.17) is 0 Å². The standard InChI is InChI=1S/C11H14N2O/c1-8(14)12-7-10-6-9-4-2-3-5-11(9)13-10/h2-5,10,13H,6-7H2,1H3,(H,12,14). The summed E-state index contributed by atoms with van der Waals surface area (Å²) in [5, 5.41) is 6.20. The first-order valence-corrected chi connectivity index (χ1v) is 4.84. The van der Waals surface area contributed by atoms with Crippen molar-refractivity contribution in [3.8, 4) is 0 Å². The first kappa shape index (κ1) is 9.06. The molecule has 0 radical (unpaired) electrons. The molecule has 0 aliphatic carbocycles. The maximum atomic E-state index is 10.7. The zero-order valence-electron chi connectivity index (χ0n) is 8.21. The van der Waals surface area contributed by atoms with Gasteiger partial charge in [-0.25, -0.2) is 0 Å². The molecule has 1 aromatic carbocycles. The summed E-state index contributed by atoms with van der Waals surface area (Å²) in [7, 11) is 0. The van der Waals surface area contributed by atoms with Crippen molar-refractivity contribution >= 4 is 11.6 Å². The summed E-state index contributed by atoms with van der Waals surface area (Å²) in [5.74, 6) is 0.0303. The second kappa shape index (κ2) is 3.70. The van der Waals surface area contributed by atoms with Gasteiger partial charge in [-0.05, 0) is 18.1 Å². The lowest BCUT2D eigenvalue weighted by Crippen LogP contribution is -2.33. The van der Waals surface area contributed by atoms with Crippen LogP contribution in [0, 0.1) is 0 Å². The Kier molecular flexibility index (Phi) is 2.39. The average Bonchev–Trinajstić information content (AvgIpc) is 2.57. The molecule has 0 aromatic heterocycles. The van der Waals surface area contributed by atoms with Crippen molar-refractivity contribution in [1.82, 2.24) is 5.32 Å². The van der Waals surface area contributed by atoms with Crippen LogP contribution in [0.5, 0.6) is 0 Å². The van der Waals surface area contributed by atoms with Gasteiger partial charge in [-0.15, -0.1) is 0 Å². The minimum absolute atomic E-state index is 0.0303. The van der Waals surface area contributed by atoms with Gasteiger partial charge in [0.15, 0.2) is 0 Å². The molecule has 3 heteroatoms. The van der Waals surface area contributed by atoms with Crippen LogP contribution in [-0.4, -0.2) is 18.5 Å². The molecule has 1 unspecified atom stereocenters. The second-order valence-electron chi connectivity index (χ2n) is 3.64. The first-order chi connectivity index (χ1) is 6.75. The van der Waals surface area contributed by atoms with Crippen molar-refractivity contribution < 1.29 is 4.79 Å². The second-order valence-corrected chi connectivity index (χ2v) is 3.64. The van der Waals surface area contributed by atoms with Gasteiger partial charge in [0.1, 0.15) is 0 Å². The maximum absolute atomic E-state index is 10.7. The molecule has 0 bridgehead atoms. The molecular formula is C11H14N2O. The van der Waals surface area contributed by atoms with Crippen LogP contribution in [-0.2, 0) is 11.2 Å². The third-order valence-corrected chi connectivity index (χ3v) is 2.44. The molecule has 1 heterocycles. The molecule has 0 fully saturated rings. The highest BCUT2D eigenvalue weighted by molar-refractivity contribution is 5.73. The van der Waals surface area contributed by atoms with Crippen LogP contribution in [0.4, 0.5) is 5.69 Å². The molecule has 2 rings (SSSR count). The summed E-state index contributed by atoms with van der Waals surface area (Å²) in [4.78, 5) is 10.7. The van der Waals surface area contributed by atoms with Gasteiger partial charge in [-0.2, -0.15) is 0 Å². The Morgan fingerprint density at radius 3 is 3.07 bits per heavy atom. The van der Waals surface area contributed by atoms with E-state index >= 15 is 0 Å². The van der Waals surface area contributed by atoms with Crippen molar-refractivity contribution in [3.05, 3.63) is 29.8 Å². The van der Waals surface area contributed by atoms with E-state index in [1.165, 1.54) is 11.3 Å². The molecule has 2 N–H and O–H groups in total. The summed E-state index contributed by atoms with van der Waals surface area (Å²) < 4.78 is 0. The highest BCUT2D eigenvalue weighted by Crippen LogP contribution is 2.24. The van der Waals surface area contributed by atoms with Crippen molar-refractivity contribution in [1.29, 1.82) is 0 Å². The van der Waals surface area contributed by atoms with E-state index in [2.05, 4.69) is 22.8 Å². The van der Waals surface area contributed by atoms with Gasteiger partial charge in [0, 0.05) is 25.2 Å². The van der Waals surface area contributed by atoms with Crippen molar-refractivity contribution in [2.24, 2.45) is 0 Å². The van der Waals surface area contributed by atoms with Crippen LogP contribution < -0.4 is 10.6 Å². The lowest BCUT2D eigenvalue weighted by Gasteiger charge is -2.10. The number of hydrogen-bond acceptors (Lipinski definition) is 2. The van der Waals surface area contributed by atoms with Crippen LogP contribution >= 0.6 is 0 Å². The number of carbonyl (C=O) groups excluding carboxylic acids is 1. The largest absolute Gasteiger partial charge is 0.380 e. The smallest absolute Gasteiger partial charge is 0.216 e. The summed E-state index contributed by atoms with van der Waals surface area (Å²) in [5.41, 5.74) is 2.53. The minimum atomic E-state index is 0.0303. The zero-order chi connectivity index (χ0) is 9.97. The predicted octanol–water partition coefficient (Wildman–Crippen LogP) is 1.16. The van der Waals surface area contributed by atoms with Gasteiger partial charge >= 0.3 is 0 Å². The summed E-state index contributed by atoms with van der Waals surface area (Å²) in [6, 6.07) is 8.60. The number of benzene rings is 1. The Morgan fingerprint density at radius 2 is 2.36 bits per heavy atom. The number of fused-ring (bicyclic) bond motifs is 1. The molecule has 1 amide bonds. The normalized spacial score (nSPS) is 18.5. The SMILES string of the molecule is CC(=O)NCC1Cc2ccccc2N1. The maximum Gasteiger partial charge on any atom is 0.216 e. The Balaban J connectivity index is 1.95. The summed E-state index contributed by atoms with van der Waals surface area (Å²) >= 11 is 0. The van der Waals surface area contributed by atoms with Crippen LogP contribution in [0.1, 0.15) is 12.5 Å². The van der Waals surface area contributed by atoms with E-state index in [1.807, 2.05) is 12.1 Å². The van der Waals surface area contributed by atoms with Crippen LogP contribution in [0.2, 0.25) is 0 Å². The van der Waals surface area contributed by atoms with Crippen LogP contribution in [0.15, 0.2) is 24.3 Å². The Bertz CT molecular complexity index is 324. The van der Waals surface area contributed by atoms with Crippen LogP contribution in [0.25, 0.3) is 0 Å². The number of amides is 1. The molecular weight excluding hydrogens is 176 g/mol. The number of hydrogen-bond donors (Lipinski definition) is 2. The predicted molar refractivity (Wildman–Crippen MR) is 56.2 cm³/mol. The van der Waals surface area contributed by atoms with Gasteiger partial charge < -0.3 is 10.6 Å². The van der Waals surface area contributed by atoms with Gasteiger partial charge in [0.2, 0.25) is 5.91 Å². The number of nitrogens with one attached hydrogen (secondary N) is 2. The number of rotatable bonds is 2. The zero-order valence-corrected chi connectivity index (χ0v) is 8.21. The van der Waals surface area contributed by atoms with E-state index < -0.39 is 0 Å². The first-order valence-electron chi connectivity index (χ1n) is 4.84. The van der Waals surface area contributed by atoms with E-state index in [9.17, 15) is 4.79 Å². The van der Waals surface area contributed by atoms with E-state index in [1.54, 1.807) is 6.92 Å². The van der Waals surface area contributed by atoms with Gasteiger partial charge in [-0.1, -0.05) is 18.2 Å². The Labute approximate surface area is 83.5 Å². The average molecular weight is 190 g/mol. The van der Waals surface area contributed by atoms with Gasteiger partial charge in [0.05, 0.1) is 0 Å². The lowest BCUT2D eigenvalue weighted by molar-refractivity contribution is -0.118. The van der Waals surface area contributed by atoms with Crippen molar-refractivity contribution in [2.45, 2.75) is 19.4 Å². The minimum Gasteiger partial charge on any atom is -0.380 e. The lowest BCUT2D eigenvalue weighted by atomic mass is 10.1. The van der Waals surface area contributed by atoms with E-state index in [0.717, 1.165) is 6.42 Å². The van der Waals surface area contributed by atoms with Gasteiger partial charge in [-0.3, -0.25) is 4.79 Å². The molecule has 0 saturated heterocycles. The fourth-order valence-electron chi connectivity index (χ4n) is 1.77.